The van der Waals surface area contributed by atoms with E-state index < -0.39 is 0 Å². The molecule has 0 radical (unpaired) electrons. The molecule has 0 fully saturated rings. The van der Waals surface area contributed by atoms with Crippen LogP contribution in [0.15, 0.2) is 76.9 Å². The molecule has 31 heavy (non-hydrogen) atoms. The summed E-state index contributed by atoms with van der Waals surface area (Å²) in [7, 11) is 0. The number of allylic oxidation sites excluding steroid dienone is 7. The van der Waals surface area contributed by atoms with Crippen LogP contribution in [0.25, 0.3) is 0 Å². The van der Waals surface area contributed by atoms with Gasteiger partial charge in [0.05, 0.1) is 0 Å². The molecular weight excluding hydrogens is 382 g/mol. The molecular formula is C28H41NO2. The highest BCUT2D eigenvalue weighted by atomic mass is 16.5. The van der Waals surface area contributed by atoms with Crippen molar-refractivity contribution in [2.24, 2.45) is 0 Å². The summed E-state index contributed by atoms with van der Waals surface area (Å²) >= 11 is 0. The summed E-state index contributed by atoms with van der Waals surface area (Å²) in [6.07, 6.45) is 15.2. The van der Waals surface area contributed by atoms with E-state index in [1.54, 1.807) is 0 Å². The van der Waals surface area contributed by atoms with Crippen LogP contribution in [0.3, 0.4) is 0 Å². The Kier molecular flexibility index (Phi) is 13.8. The van der Waals surface area contributed by atoms with E-state index in [4.69, 9.17) is 4.74 Å². The minimum Gasteiger partial charge on any atom is -0.445 e. The van der Waals surface area contributed by atoms with Crippen LogP contribution in [0.1, 0.15) is 78.7 Å². The summed E-state index contributed by atoms with van der Waals surface area (Å²) in [6, 6.07) is 9.82. The van der Waals surface area contributed by atoms with Crippen molar-refractivity contribution in [1.29, 1.82) is 0 Å². The second kappa shape index (κ2) is 16.2. The zero-order valence-electron chi connectivity index (χ0n) is 20.2. The highest BCUT2D eigenvalue weighted by Crippen LogP contribution is 2.13. The fourth-order valence-corrected chi connectivity index (χ4v) is 3.07. The highest BCUT2D eigenvalue weighted by molar-refractivity contribution is 5.67. The van der Waals surface area contributed by atoms with Crippen molar-refractivity contribution in [3.05, 3.63) is 82.5 Å². The van der Waals surface area contributed by atoms with Crippen LogP contribution < -0.4 is 5.32 Å². The van der Waals surface area contributed by atoms with Crippen molar-refractivity contribution < 1.29 is 9.53 Å². The molecule has 1 aromatic carbocycles. The van der Waals surface area contributed by atoms with Crippen LogP contribution in [0.4, 0.5) is 4.79 Å². The SMILES string of the molecule is CC(C)=CCC/C(C)=C/CC/C(C)=C/CC/C(C)=C/COC(=O)NCc1ccccc1. The standard InChI is InChI=1S/C28H41NO2/c1-23(2)12-9-13-24(3)14-10-15-25(4)16-11-17-26(5)20-21-31-28(30)29-22-27-18-7-6-8-19-27/h6-8,12,14,16,18-20H,9-11,13,15,17,21-22H2,1-5H3,(H,29,30)/b24-14+,25-16+,26-20+. The van der Waals surface area contributed by atoms with Crippen molar-refractivity contribution in [2.45, 2.75) is 79.7 Å². The zero-order valence-corrected chi connectivity index (χ0v) is 20.2. The van der Waals surface area contributed by atoms with Crippen molar-refractivity contribution in [2.75, 3.05) is 6.61 Å². The van der Waals surface area contributed by atoms with E-state index in [2.05, 4.69) is 58.2 Å². The van der Waals surface area contributed by atoms with E-state index in [0.29, 0.717) is 13.2 Å². The molecule has 0 aliphatic carbocycles. The van der Waals surface area contributed by atoms with E-state index in [1.165, 1.54) is 22.3 Å². The second-order valence-electron chi connectivity index (χ2n) is 8.49. The van der Waals surface area contributed by atoms with Gasteiger partial charge >= 0.3 is 6.09 Å². The number of benzene rings is 1. The third-order valence-electron chi connectivity index (χ3n) is 5.08. The van der Waals surface area contributed by atoms with Crippen molar-refractivity contribution in [3.8, 4) is 0 Å². The highest BCUT2D eigenvalue weighted by Gasteiger charge is 2.00. The molecule has 3 heteroatoms. The molecule has 0 saturated carbocycles. The Morgan fingerprint density at radius 1 is 0.774 bits per heavy atom. The molecule has 0 saturated heterocycles. The van der Waals surface area contributed by atoms with Crippen LogP contribution in [-0.2, 0) is 11.3 Å². The second-order valence-corrected chi connectivity index (χ2v) is 8.49. The molecule has 0 aliphatic heterocycles. The smallest absolute Gasteiger partial charge is 0.407 e. The number of hydrogen-bond donors (Lipinski definition) is 1. The Morgan fingerprint density at radius 3 is 1.84 bits per heavy atom. The van der Waals surface area contributed by atoms with Gasteiger partial charge in [-0.2, -0.15) is 0 Å². The van der Waals surface area contributed by atoms with Gasteiger partial charge in [0, 0.05) is 6.54 Å². The monoisotopic (exact) mass is 423 g/mol. The van der Waals surface area contributed by atoms with Crippen LogP contribution in [0.2, 0.25) is 0 Å². The van der Waals surface area contributed by atoms with E-state index in [9.17, 15) is 4.79 Å². The summed E-state index contributed by atoms with van der Waals surface area (Å²) in [5.74, 6) is 0. The third-order valence-corrected chi connectivity index (χ3v) is 5.08. The molecule has 1 aromatic rings. The molecule has 1 amide bonds. The molecule has 1 rings (SSSR count). The van der Waals surface area contributed by atoms with Crippen molar-refractivity contribution in [3.63, 3.8) is 0 Å². The first-order chi connectivity index (χ1) is 14.9. The predicted molar refractivity (Wildman–Crippen MR) is 133 cm³/mol. The Bertz CT molecular complexity index is 765. The summed E-state index contributed by atoms with van der Waals surface area (Å²) in [6.45, 7) is 11.6. The van der Waals surface area contributed by atoms with Gasteiger partial charge in [0.1, 0.15) is 6.61 Å². The molecule has 0 spiro atoms. The lowest BCUT2D eigenvalue weighted by Crippen LogP contribution is -2.23. The van der Waals surface area contributed by atoms with E-state index in [1.807, 2.05) is 36.4 Å². The Labute approximate surface area is 190 Å². The maximum absolute atomic E-state index is 11.8. The van der Waals surface area contributed by atoms with Gasteiger partial charge in [-0.15, -0.1) is 0 Å². The van der Waals surface area contributed by atoms with Gasteiger partial charge in [-0.25, -0.2) is 4.79 Å². The van der Waals surface area contributed by atoms with Gasteiger partial charge < -0.3 is 10.1 Å². The van der Waals surface area contributed by atoms with E-state index in [-0.39, 0.29) is 6.09 Å². The molecule has 0 bridgehead atoms. The maximum atomic E-state index is 11.8. The lowest BCUT2D eigenvalue weighted by atomic mass is 10.0. The maximum Gasteiger partial charge on any atom is 0.407 e. The normalized spacial score (nSPS) is 12.5. The molecule has 0 atom stereocenters. The van der Waals surface area contributed by atoms with Gasteiger partial charge in [-0.3, -0.25) is 0 Å². The van der Waals surface area contributed by atoms with Gasteiger partial charge in [-0.1, -0.05) is 70.9 Å². The molecule has 0 aliphatic rings. The number of carbonyl (C=O) groups is 1. The van der Waals surface area contributed by atoms with Gasteiger partial charge in [0.25, 0.3) is 0 Å². The van der Waals surface area contributed by atoms with Gasteiger partial charge in [0.2, 0.25) is 0 Å². The lowest BCUT2D eigenvalue weighted by Gasteiger charge is -2.06. The molecule has 170 valence electrons. The van der Waals surface area contributed by atoms with Gasteiger partial charge in [0.15, 0.2) is 0 Å². The van der Waals surface area contributed by atoms with Crippen molar-refractivity contribution in [1.82, 2.24) is 5.32 Å². The van der Waals surface area contributed by atoms with Crippen LogP contribution in [-0.4, -0.2) is 12.7 Å². The van der Waals surface area contributed by atoms with E-state index in [0.717, 1.165) is 44.1 Å². The lowest BCUT2D eigenvalue weighted by molar-refractivity contribution is 0.157. The average Bonchev–Trinajstić information content (AvgIpc) is 2.72. The topological polar surface area (TPSA) is 38.3 Å². The van der Waals surface area contributed by atoms with Crippen LogP contribution >= 0.6 is 0 Å². The largest absolute Gasteiger partial charge is 0.445 e. The number of rotatable bonds is 13. The third kappa shape index (κ3) is 15.0. The number of hydrogen-bond acceptors (Lipinski definition) is 2. The fraction of sp³-hybridized carbons (Fsp3) is 0.464. The molecule has 0 unspecified atom stereocenters. The molecule has 3 nitrogen and oxygen atoms in total. The Hall–Kier alpha value is -2.55. The first-order valence-corrected chi connectivity index (χ1v) is 11.4. The van der Waals surface area contributed by atoms with Crippen molar-refractivity contribution >= 4 is 6.09 Å². The number of nitrogens with one attached hydrogen (secondary N) is 1. The zero-order chi connectivity index (χ0) is 22.9. The number of amides is 1. The minimum absolute atomic E-state index is 0.311. The summed E-state index contributed by atoms with van der Waals surface area (Å²) in [4.78, 5) is 11.8. The first-order valence-electron chi connectivity index (χ1n) is 11.4. The predicted octanol–water partition coefficient (Wildman–Crippen LogP) is 8.06. The number of ether oxygens (including phenoxy) is 1. The molecule has 0 aromatic heterocycles. The molecule has 1 N–H and O–H groups in total. The number of carbonyl (C=O) groups excluding carboxylic acids is 1. The van der Waals surface area contributed by atoms with Crippen LogP contribution in [0, 0.1) is 0 Å². The minimum atomic E-state index is -0.382. The summed E-state index contributed by atoms with van der Waals surface area (Å²) < 4.78 is 5.23. The number of alkyl carbamates (subject to hydrolysis) is 1. The first kappa shape index (κ1) is 26.5. The summed E-state index contributed by atoms with van der Waals surface area (Å²) in [5.41, 5.74) is 6.63. The molecule has 0 heterocycles. The quantitative estimate of drug-likeness (QED) is 0.326. The van der Waals surface area contributed by atoms with Gasteiger partial charge in [-0.05, 0) is 84.8 Å². The van der Waals surface area contributed by atoms with Crippen LogP contribution in [0.5, 0.6) is 0 Å². The average molecular weight is 424 g/mol. The Balaban J connectivity index is 2.18. The van der Waals surface area contributed by atoms with E-state index >= 15 is 0 Å². The fourth-order valence-electron chi connectivity index (χ4n) is 3.07. The summed E-state index contributed by atoms with van der Waals surface area (Å²) in [5, 5.41) is 2.77. The Morgan fingerprint density at radius 2 is 1.29 bits per heavy atom.